The maximum Gasteiger partial charge on any atom is 0.305 e. The maximum atomic E-state index is 11.0. The SMILES string of the molecule is COC(=O)CCCCCCCCCCSc1ncnc2[nH]cnc12. The number of fused-ring (bicyclic) bond motifs is 1. The van der Waals surface area contributed by atoms with E-state index in [0.29, 0.717) is 6.42 Å². The molecule has 2 aromatic heterocycles. The van der Waals surface area contributed by atoms with Gasteiger partial charge in [0.1, 0.15) is 16.9 Å². The smallest absolute Gasteiger partial charge is 0.305 e. The molecule has 0 radical (unpaired) electrons. The summed E-state index contributed by atoms with van der Waals surface area (Å²) in [4.78, 5) is 26.7. The Bertz CT molecular complexity index is 617. The van der Waals surface area contributed by atoms with Crippen LogP contribution in [0.2, 0.25) is 0 Å². The predicted octanol–water partition coefficient (Wildman–Crippen LogP) is 4.13. The van der Waals surface area contributed by atoms with Gasteiger partial charge in [-0.3, -0.25) is 4.79 Å². The standard InChI is InChI=1S/C17H26N4O2S/c1-23-14(22)10-8-6-4-2-3-5-7-9-11-24-17-15-16(19-12-18-15)20-13-21-17/h12-13H,2-11H2,1H3,(H,18,19,20,21). The van der Waals surface area contributed by atoms with E-state index in [2.05, 4.69) is 24.7 Å². The molecule has 24 heavy (non-hydrogen) atoms. The molecule has 6 nitrogen and oxygen atoms in total. The van der Waals surface area contributed by atoms with Gasteiger partial charge < -0.3 is 9.72 Å². The first kappa shape index (κ1) is 18.7. The lowest BCUT2D eigenvalue weighted by atomic mass is 10.1. The number of nitrogens with zero attached hydrogens (tertiary/aromatic N) is 3. The number of imidazole rings is 1. The van der Waals surface area contributed by atoms with Gasteiger partial charge in [-0.15, -0.1) is 11.8 Å². The highest BCUT2D eigenvalue weighted by Gasteiger charge is 2.06. The van der Waals surface area contributed by atoms with E-state index < -0.39 is 0 Å². The lowest BCUT2D eigenvalue weighted by Crippen LogP contribution is -1.99. The molecule has 0 aromatic carbocycles. The van der Waals surface area contributed by atoms with Crippen molar-refractivity contribution in [2.24, 2.45) is 0 Å². The minimum absolute atomic E-state index is 0.0942. The fourth-order valence-electron chi connectivity index (χ4n) is 2.55. The zero-order chi connectivity index (χ0) is 17.0. The first-order valence-corrected chi connectivity index (χ1v) is 9.63. The third-order valence-corrected chi connectivity index (χ3v) is 4.99. The van der Waals surface area contributed by atoms with Gasteiger partial charge in [0.15, 0.2) is 5.65 Å². The Kier molecular flexibility index (Phi) is 8.59. The largest absolute Gasteiger partial charge is 0.469 e. The summed E-state index contributed by atoms with van der Waals surface area (Å²) in [5, 5.41) is 0.965. The van der Waals surface area contributed by atoms with Crippen molar-refractivity contribution < 1.29 is 9.53 Å². The molecule has 0 saturated heterocycles. The van der Waals surface area contributed by atoms with Crippen LogP contribution in [-0.4, -0.2) is 38.8 Å². The number of hydrogen-bond acceptors (Lipinski definition) is 6. The number of rotatable bonds is 12. The van der Waals surface area contributed by atoms with Crippen LogP contribution >= 0.6 is 11.8 Å². The van der Waals surface area contributed by atoms with Crippen LogP contribution in [0.1, 0.15) is 57.8 Å². The molecule has 0 aliphatic heterocycles. The summed E-state index contributed by atoms with van der Waals surface area (Å²) in [5.41, 5.74) is 1.68. The number of aromatic nitrogens is 4. The van der Waals surface area contributed by atoms with E-state index in [1.807, 2.05) is 0 Å². The second-order valence-electron chi connectivity index (χ2n) is 5.78. The van der Waals surface area contributed by atoms with Crippen molar-refractivity contribution in [1.29, 1.82) is 0 Å². The Morgan fingerprint density at radius 3 is 2.50 bits per heavy atom. The molecule has 0 fully saturated rings. The van der Waals surface area contributed by atoms with Crippen LogP contribution in [0.25, 0.3) is 11.2 Å². The molecule has 2 rings (SSSR count). The average Bonchev–Trinajstić information content (AvgIpc) is 3.08. The van der Waals surface area contributed by atoms with E-state index in [1.54, 1.807) is 24.4 Å². The molecule has 1 N–H and O–H groups in total. The van der Waals surface area contributed by atoms with Crippen LogP contribution in [0.15, 0.2) is 17.7 Å². The molecule has 0 atom stereocenters. The Balaban J connectivity index is 1.45. The normalized spacial score (nSPS) is 11.0. The van der Waals surface area contributed by atoms with Crippen LogP contribution in [-0.2, 0) is 9.53 Å². The van der Waals surface area contributed by atoms with Crippen molar-refractivity contribution in [2.45, 2.75) is 62.8 Å². The van der Waals surface area contributed by atoms with Crippen LogP contribution in [0.3, 0.4) is 0 Å². The van der Waals surface area contributed by atoms with Gasteiger partial charge in [0.2, 0.25) is 0 Å². The van der Waals surface area contributed by atoms with Gasteiger partial charge in [-0.1, -0.05) is 38.5 Å². The highest BCUT2D eigenvalue weighted by atomic mass is 32.2. The number of ether oxygens (including phenoxy) is 1. The highest BCUT2D eigenvalue weighted by Crippen LogP contribution is 2.23. The quantitative estimate of drug-likeness (QED) is 0.268. The van der Waals surface area contributed by atoms with E-state index in [-0.39, 0.29) is 5.97 Å². The van der Waals surface area contributed by atoms with Gasteiger partial charge in [0, 0.05) is 6.42 Å². The zero-order valence-electron chi connectivity index (χ0n) is 14.3. The Hall–Kier alpha value is -1.63. The summed E-state index contributed by atoms with van der Waals surface area (Å²) in [7, 11) is 1.45. The lowest BCUT2D eigenvalue weighted by molar-refractivity contribution is -0.140. The number of methoxy groups -OCH3 is 1. The van der Waals surface area contributed by atoms with Crippen LogP contribution in [0.5, 0.6) is 0 Å². The van der Waals surface area contributed by atoms with Crippen molar-refractivity contribution in [3.63, 3.8) is 0 Å². The number of thioether (sulfide) groups is 1. The van der Waals surface area contributed by atoms with Gasteiger partial charge in [-0.05, 0) is 18.6 Å². The Labute approximate surface area is 147 Å². The van der Waals surface area contributed by atoms with Gasteiger partial charge in [0.25, 0.3) is 0 Å². The van der Waals surface area contributed by atoms with Crippen LogP contribution in [0, 0.1) is 0 Å². The molecule has 0 saturated carbocycles. The summed E-state index contributed by atoms with van der Waals surface area (Å²) in [5.74, 6) is 0.973. The third kappa shape index (κ3) is 6.47. The van der Waals surface area contributed by atoms with Crippen LogP contribution < -0.4 is 0 Å². The van der Waals surface area contributed by atoms with Crippen LogP contribution in [0.4, 0.5) is 0 Å². The predicted molar refractivity (Wildman–Crippen MR) is 96.0 cm³/mol. The fraction of sp³-hybridized carbons (Fsp3) is 0.647. The lowest BCUT2D eigenvalue weighted by Gasteiger charge is -2.03. The molecule has 2 aromatic rings. The molecule has 2 heterocycles. The maximum absolute atomic E-state index is 11.0. The van der Waals surface area contributed by atoms with E-state index in [0.717, 1.165) is 34.8 Å². The zero-order valence-corrected chi connectivity index (χ0v) is 15.1. The Morgan fingerprint density at radius 1 is 1.04 bits per heavy atom. The number of carbonyl (C=O) groups excluding carboxylic acids is 1. The van der Waals surface area contributed by atoms with Gasteiger partial charge in [-0.2, -0.15) is 0 Å². The molecule has 0 spiro atoms. The topological polar surface area (TPSA) is 80.8 Å². The minimum atomic E-state index is -0.0942. The van der Waals surface area contributed by atoms with Crippen molar-refractivity contribution in [2.75, 3.05) is 12.9 Å². The first-order valence-electron chi connectivity index (χ1n) is 8.65. The second kappa shape index (κ2) is 11.0. The minimum Gasteiger partial charge on any atom is -0.469 e. The molecule has 132 valence electrons. The number of esters is 1. The van der Waals surface area contributed by atoms with Crippen molar-refractivity contribution in [3.05, 3.63) is 12.7 Å². The average molecular weight is 350 g/mol. The van der Waals surface area contributed by atoms with Crippen molar-refractivity contribution >= 4 is 28.9 Å². The molecule has 0 aliphatic rings. The molecule has 0 amide bonds. The second-order valence-corrected chi connectivity index (χ2v) is 6.87. The molecule has 0 aliphatic carbocycles. The summed E-state index contributed by atoms with van der Waals surface area (Å²) in [6.45, 7) is 0. The molecular formula is C17H26N4O2S. The van der Waals surface area contributed by atoms with Gasteiger partial charge >= 0.3 is 5.97 Å². The van der Waals surface area contributed by atoms with Crippen molar-refractivity contribution in [3.8, 4) is 0 Å². The number of aromatic amines is 1. The number of nitrogens with one attached hydrogen (secondary N) is 1. The molecule has 0 bridgehead atoms. The van der Waals surface area contributed by atoms with Crippen molar-refractivity contribution in [1.82, 2.24) is 19.9 Å². The van der Waals surface area contributed by atoms with E-state index >= 15 is 0 Å². The molecule has 0 unspecified atom stereocenters. The van der Waals surface area contributed by atoms with E-state index in [4.69, 9.17) is 0 Å². The molecular weight excluding hydrogens is 324 g/mol. The number of unbranched alkanes of at least 4 members (excludes halogenated alkanes) is 7. The Morgan fingerprint density at radius 2 is 1.75 bits per heavy atom. The summed E-state index contributed by atoms with van der Waals surface area (Å²) in [6.07, 6.45) is 13.4. The van der Waals surface area contributed by atoms with E-state index in [9.17, 15) is 4.79 Å². The van der Waals surface area contributed by atoms with Gasteiger partial charge in [-0.25, -0.2) is 15.0 Å². The first-order chi connectivity index (χ1) is 11.8. The third-order valence-electron chi connectivity index (χ3n) is 3.93. The molecule has 7 heteroatoms. The monoisotopic (exact) mass is 350 g/mol. The summed E-state index contributed by atoms with van der Waals surface area (Å²) >= 11 is 1.76. The summed E-state index contributed by atoms with van der Waals surface area (Å²) < 4.78 is 4.63. The fourth-order valence-corrected chi connectivity index (χ4v) is 3.50. The highest BCUT2D eigenvalue weighted by molar-refractivity contribution is 7.99. The number of carbonyl (C=O) groups is 1. The number of H-pyrrole nitrogens is 1. The van der Waals surface area contributed by atoms with Gasteiger partial charge in [0.05, 0.1) is 13.4 Å². The van der Waals surface area contributed by atoms with E-state index in [1.165, 1.54) is 45.6 Å². The summed E-state index contributed by atoms with van der Waals surface area (Å²) in [6, 6.07) is 0. The number of hydrogen-bond donors (Lipinski definition) is 1.